The highest BCUT2D eigenvalue weighted by molar-refractivity contribution is 7.89. The fraction of sp³-hybridized carbons (Fsp3) is 0.500. The lowest BCUT2D eigenvalue weighted by molar-refractivity contribution is -0.119. The quantitative estimate of drug-likeness (QED) is 0.641. The molecule has 0 bridgehead atoms. The van der Waals surface area contributed by atoms with Crippen LogP contribution in [-0.2, 0) is 14.8 Å². The van der Waals surface area contributed by atoms with Gasteiger partial charge < -0.3 is 10.6 Å². The third-order valence-corrected chi connectivity index (χ3v) is 4.21. The number of rotatable bonds is 9. The minimum Gasteiger partial charge on any atom is -0.376 e. The lowest BCUT2D eigenvalue weighted by Gasteiger charge is -2.09. The molecule has 0 aliphatic heterocycles. The fourth-order valence-corrected chi connectivity index (χ4v) is 2.71. The van der Waals surface area contributed by atoms with Crippen molar-refractivity contribution < 1.29 is 13.2 Å². The molecule has 0 spiro atoms. The molecule has 0 aromatic heterocycles. The summed E-state index contributed by atoms with van der Waals surface area (Å²) in [6, 6.07) is 6.33. The van der Waals surface area contributed by atoms with Crippen LogP contribution in [0.1, 0.15) is 26.7 Å². The van der Waals surface area contributed by atoms with Crippen molar-refractivity contribution in [3.63, 3.8) is 0 Å². The van der Waals surface area contributed by atoms with Crippen molar-refractivity contribution in [1.82, 2.24) is 10.0 Å². The van der Waals surface area contributed by atoms with Crippen LogP contribution in [0.2, 0.25) is 0 Å². The van der Waals surface area contributed by atoms with Crippen LogP contribution in [0.15, 0.2) is 29.2 Å². The van der Waals surface area contributed by atoms with Gasteiger partial charge in [-0.3, -0.25) is 4.79 Å². The minimum atomic E-state index is -3.44. The fourth-order valence-electron chi connectivity index (χ4n) is 1.58. The van der Waals surface area contributed by atoms with Crippen LogP contribution in [0.5, 0.6) is 0 Å². The van der Waals surface area contributed by atoms with Gasteiger partial charge in [0.25, 0.3) is 0 Å². The van der Waals surface area contributed by atoms with Crippen molar-refractivity contribution in [1.29, 1.82) is 0 Å². The Morgan fingerprint density at radius 2 is 1.67 bits per heavy atom. The normalized spacial score (nSPS) is 11.1. The van der Waals surface area contributed by atoms with Gasteiger partial charge in [0.1, 0.15) is 0 Å². The first kappa shape index (κ1) is 17.5. The van der Waals surface area contributed by atoms with Crippen molar-refractivity contribution >= 4 is 21.6 Å². The Kier molecular flexibility index (Phi) is 7.18. The van der Waals surface area contributed by atoms with E-state index in [0.717, 1.165) is 12.8 Å². The van der Waals surface area contributed by atoms with Crippen LogP contribution in [0.3, 0.4) is 0 Å². The summed E-state index contributed by atoms with van der Waals surface area (Å²) in [6.07, 6.45) is 1.63. The molecule has 0 radical (unpaired) electrons. The molecule has 0 aliphatic carbocycles. The molecule has 6 nitrogen and oxygen atoms in total. The summed E-state index contributed by atoms with van der Waals surface area (Å²) < 4.78 is 26.3. The van der Waals surface area contributed by atoms with Crippen LogP contribution in [0.4, 0.5) is 5.69 Å². The lowest BCUT2D eigenvalue weighted by Crippen LogP contribution is -2.30. The Balaban J connectivity index is 2.56. The van der Waals surface area contributed by atoms with Gasteiger partial charge in [0, 0.05) is 18.8 Å². The third kappa shape index (κ3) is 6.14. The zero-order valence-electron chi connectivity index (χ0n) is 12.5. The first-order valence-corrected chi connectivity index (χ1v) is 8.58. The predicted octanol–water partition coefficient (Wildman–Crippen LogP) is 1.31. The summed E-state index contributed by atoms with van der Waals surface area (Å²) in [7, 11) is -3.44. The average Bonchev–Trinajstić information content (AvgIpc) is 2.49. The molecule has 21 heavy (non-hydrogen) atoms. The molecule has 1 rings (SSSR count). The standard InChI is InChI=1S/C14H23N3O3S/c1-3-9-15-14(18)11-16-12-5-7-13(8-6-12)21(19,20)17-10-4-2/h5-8,16-17H,3-4,9-11H2,1-2H3,(H,15,18). The molecule has 1 aromatic rings. The Labute approximate surface area is 126 Å². The minimum absolute atomic E-state index is 0.0850. The molecule has 0 heterocycles. The third-order valence-electron chi connectivity index (χ3n) is 2.73. The molecule has 0 unspecified atom stereocenters. The number of amides is 1. The second-order valence-electron chi connectivity index (χ2n) is 4.63. The number of hydrogen-bond donors (Lipinski definition) is 3. The van der Waals surface area contributed by atoms with Crippen molar-refractivity contribution in [2.45, 2.75) is 31.6 Å². The van der Waals surface area contributed by atoms with E-state index in [4.69, 9.17) is 0 Å². The first-order valence-electron chi connectivity index (χ1n) is 7.10. The number of benzene rings is 1. The van der Waals surface area contributed by atoms with E-state index >= 15 is 0 Å². The highest BCUT2D eigenvalue weighted by Gasteiger charge is 2.12. The molecule has 0 fully saturated rings. The molecule has 118 valence electrons. The van der Waals surface area contributed by atoms with E-state index in [9.17, 15) is 13.2 Å². The Hall–Kier alpha value is -1.60. The Morgan fingerprint density at radius 1 is 1.05 bits per heavy atom. The molecule has 1 amide bonds. The van der Waals surface area contributed by atoms with Crippen molar-refractivity contribution in [2.24, 2.45) is 0 Å². The van der Waals surface area contributed by atoms with Crippen LogP contribution in [0, 0.1) is 0 Å². The maximum atomic E-state index is 11.9. The second-order valence-corrected chi connectivity index (χ2v) is 6.39. The summed E-state index contributed by atoms with van der Waals surface area (Å²) in [5, 5.41) is 5.70. The maximum Gasteiger partial charge on any atom is 0.240 e. The van der Waals surface area contributed by atoms with Gasteiger partial charge in [-0.05, 0) is 37.1 Å². The summed E-state index contributed by atoms with van der Waals surface area (Å²) >= 11 is 0. The van der Waals surface area contributed by atoms with Gasteiger partial charge >= 0.3 is 0 Å². The average molecular weight is 313 g/mol. The SMILES string of the molecule is CCCNC(=O)CNc1ccc(S(=O)(=O)NCCC)cc1. The molecular formula is C14H23N3O3S. The van der Waals surface area contributed by atoms with E-state index < -0.39 is 10.0 Å². The molecule has 1 aromatic carbocycles. The van der Waals surface area contributed by atoms with Crippen molar-refractivity contribution in [2.75, 3.05) is 25.0 Å². The number of anilines is 1. The smallest absolute Gasteiger partial charge is 0.240 e. The molecule has 7 heteroatoms. The zero-order chi connectivity index (χ0) is 15.7. The summed E-state index contributed by atoms with van der Waals surface area (Å²) in [5.41, 5.74) is 0.705. The van der Waals surface area contributed by atoms with Gasteiger partial charge in [0.2, 0.25) is 15.9 Å². The van der Waals surface area contributed by atoms with Crippen LogP contribution >= 0.6 is 0 Å². The van der Waals surface area contributed by atoms with Crippen molar-refractivity contribution in [3.05, 3.63) is 24.3 Å². The summed E-state index contributed by atoms with van der Waals surface area (Å²) in [5.74, 6) is -0.0850. The van der Waals surface area contributed by atoms with Gasteiger partial charge in [-0.25, -0.2) is 13.1 Å². The summed E-state index contributed by atoms with van der Waals surface area (Å²) in [6.45, 7) is 5.12. The maximum absolute atomic E-state index is 11.9. The topological polar surface area (TPSA) is 87.3 Å². The zero-order valence-corrected chi connectivity index (χ0v) is 13.3. The monoisotopic (exact) mass is 313 g/mol. The van der Waals surface area contributed by atoms with Crippen LogP contribution in [-0.4, -0.2) is 34.0 Å². The van der Waals surface area contributed by atoms with Gasteiger partial charge in [-0.2, -0.15) is 0 Å². The van der Waals surface area contributed by atoms with Gasteiger partial charge in [-0.1, -0.05) is 13.8 Å². The van der Waals surface area contributed by atoms with E-state index in [1.165, 1.54) is 12.1 Å². The molecule has 0 saturated heterocycles. The number of carbonyl (C=O) groups excluding carboxylic acids is 1. The van der Waals surface area contributed by atoms with E-state index in [-0.39, 0.29) is 17.3 Å². The van der Waals surface area contributed by atoms with E-state index in [2.05, 4.69) is 15.4 Å². The van der Waals surface area contributed by atoms with Gasteiger partial charge in [0.05, 0.1) is 11.4 Å². The van der Waals surface area contributed by atoms with Crippen molar-refractivity contribution in [3.8, 4) is 0 Å². The predicted molar refractivity (Wildman–Crippen MR) is 83.7 cm³/mol. The van der Waals surface area contributed by atoms with Gasteiger partial charge in [0.15, 0.2) is 0 Å². The highest BCUT2D eigenvalue weighted by atomic mass is 32.2. The molecule has 0 atom stereocenters. The lowest BCUT2D eigenvalue weighted by atomic mass is 10.3. The number of sulfonamides is 1. The number of hydrogen-bond acceptors (Lipinski definition) is 4. The largest absolute Gasteiger partial charge is 0.376 e. The van der Waals surface area contributed by atoms with E-state index in [1.54, 1.807) is 12.1 Å². The molecule has 0 saturated carbocycles. The first-order chi connectivity index (χ1) is 9.99. The van der Waals surface area contributed by atoms with E-state index in [0.29, 0.717) is 18.8 Å². The molecule has 0 aliphatic rings. The Bertz CT molecular complexity index is 541. The Morgan fingerprint density at radius 3 is 2.24 bits per heavy atom. The summed E-state index contributed by atoms with van der Waals surface area (Å²) in [4.78, 5) is 11.7. The molecule has 3 N–H and O–H groups in total. The second kappa shape index (κ2) is 8.63. The van der Waals surface area contributed by atoms with Crippen LogP contribution < -0.4 is 15.4 Å². The van der Waals surface area contributed by atoms with Gasteiger partial charge in [-0.15, -0.1) is 0 Å². The highest BCUT2D eigenvalue weighted by Crippen LogP contribution is 2.13. The number of nitrogens with one attached hydrogen (secondary N) is 3. The number of carbonyl (C=O) groups is 1. The van der Waals surface area contributed by atoms with Crippen LogP contribution in [0.25, 0.3) is 0 Å². The molecular weight excluding hydrogens is 290 g/mol. The van der Waals surface area contributed by atoms with E-state index in [1.807, 2.05) is 13.8 Å².